The fourth-order valence-electron chi connectivity index (χ4n) is 1.23. The van der Waals surface area contributed by atoms with Gasteiger partial charge in [0, 0.05) is 20.5 Å². The Morgan fingerprint density at radius 3 is 2.56 bits per heavy atom. The number of carbonyl (C=O) groups excluding carboxylic acids is 1. The second kappa shape index (κ2) is 4.65. The summed E-state index contributed by atoms with van der Waals surface area (Å²) in [5.41, 5.74) is 0.351. The number of carbonyl (C=O) groups is 2. The largest absolute Gasteiger partial charge is 0.872 e. The summed E-state index contributed by atoms with van der Waals surface area (Å²) in [5.74, 6) is -1.90. The lowest BCUT2D eigenvalue weighted by atomic mass is 10.1. The number of rotatable bonds is 3. The molecule has 5 heteroatoms. The third-order valence-corrected chi connectivity index (χ3v) is 2.23. The Bertz CT molecular complexity index is 428. The molecule has 0 atom stereocenters. The number of nitrogens with zero attached hydrogens (tertiary/aromatic N) is 1. The Labute approximate surface area is 92.9 Å². The maximum absolute atomic E-state index is 11.2. The van der Waals surface area contributed by atoms with Crippen molar-refractivity contribution in [2.24, 2.45) is 0 Å². The van der Waals surface area contributed by atoms with Gasteiger partial charge >= 0.3 is 5.97 Å². The Morgan fingerprint density at radius 1 is 1.44 bits per heavy atom. The minimum Gasteiger partial charge on any atom is -0.872 e. The molecule has 0 bridgehead atoms. The number of hydrogen-bond acceptors (Lipinski definition) is 3. The second-order valence-corrected chi connectivity index (χ2v) is 3.51. The van der Waals surface area contributed by atoms with Crippen LogP contribution in [0.3, 0.4) is 0 Å². The molecule has 0 spiro atoms. The van der Waals surface area contributed by atoms with Gasteiger partial charge in [0.1, 0.15) is 0 Å². The molecule has 0 saturated heterocycles. The van der Waals surface area contributed by atoms with Gasteiger partial charge in [-0.2, -0.15) is 0 Å². The van der Waals surface area contributed by atoms with Gasteiger partial charge in [-0.05, 0) is 11.6 Å². The van der Waals surface area contributed by atoms with Gasteiger partial charge < -0.3 is 15.1 Å². The molecule has 1 aromatic rings. The van der Waals surface area contributed by atoms with E-state index in [-0.39, 0.29) is 18.0 Å². The lowest BCUT2D eigenvalue weighted by molar-refractivity contribution is -0.268. The summed E-state index contributed by atoms with van der Waals surface area (Å²) >= 11 is 0. The molecule has 86 valence electrons. The minimum absolute atomic E-state index is 0.122. The van der Waals surface area contributed by atoms with Crippen molar-refractivity contribution in [2.45, 2.75) is 13.5 Å². The Kier molecular flexibility index (Phi) is 3.50. The third kappa shape index (κ3) is 2.73. The lowest BCUT2D eigenvalue weighted by Crippen LogP contribution is -2.23. The SMILES string of the molecule is CC(=O)N(C)Cc1ccc([O-])c(C(=O)O)c1. The van der Waals surface area contributed by atoms with E-state index in [1.54, 1.807) is 7.05 Å². The molecule has 1 amide bonds. The number of carboxylic acid groups (broad SMARTS) is 1. The highest BCUT2D eigenvalue weighted by Gasteiger charge is 2.07. The fraction of sp³-hybridized carbons (Fsp3) is 0.273. The van der Waals surface area contributed by atoms with Crippen molar-refractivity contribution in [1.29, 1.82) is 0 Å². The zero-order valence-corrected chi connectivity index (χ0v) is 9.06. The number of benzene rings is 1. The predicted octanol–water partition coefficient (Wildman–Crippen LogP) is 0.437. The molecule has 0 radical (unpaired) electrons. The molecule has 0 aromatic heterocycles. The van der Waals surface area contributed by atoms with Crippen LogP contribution in [-0.4, -0.2) is 28.9 Å². The molecule has 5 nitrogen and oxygen atoms in total. The number of aromatic carboxylic acids is 1. The first-order valence-electron chi connectivity index (χ1n) is 4.66. The molecule has 1 aromatic carbocycles. The van der Waals surface area contributed by atoms with Gasteiger partial charge in [0.25, 0.3) is 0 Å². The quantitative estimate of drug-likeness (QED) is 0.804. The Hall–Kier alpha value is -2.04. The average molecular weight is 222 g/mol. The van der Waals surface area contributed by atoms with E-state index in [1.165, 1.54) is 30.0 Å². The molecule has 16 heavy (non-hydrogen) atoms. The lowest BCUT2D eigenvalue weighted by Gasteiger charge is -2.17. The number of amides is 1. The van der Waals surface area contributed by atoms with Crippen LogP contribution in [0.4, 0.5) is 0 Å². The van der Waals surface area contributed by atoms with Gasteiger partial charge in [0.2, 0.25) is 5.91 Å². The zero-order chi connectivity index (χ0) is 12.3. The third-order valence-electron chi connectivity index (χ3n) is 2.23. The van der Waals surface area contributed by atoms with Gasteiger partial charge in [0.15, 0.2) is 0 Å². The molecule has 0 unspecified atom stereocenters. The minimum atomic E-state index is -1.25. The maximum atomic E-state index is 11.2. The summed E-state index contributed by atoms with van der Waals surface area (Å²) in [6.07, 6.45) is 0. The first-order valence-corrected chi connectivity index (χ1v) is 4.66. The van der Waals surface area contributed by atoms with Crippen molar-refractivity contribution < 1.29 is 19.8 Å². The highest BCUT2D eigenvalue weighted by molar-refractivity contribution is 5.90. The van der Waals surface area contributed by atoms with Crippen LogP contribution in [0.25, 0.3) is 0 Å². The van der Waals surface area contributed by atoms with Crippen molar-refractivity contribution in [2.75, 3.05) is 7.05 Å². The van der Waals surface area contributed by atoms with Crippen molar-refractivity contribution >= 4 is 11.9 Å². The summed E-state index contributed by atoms with van der Waals surface area (Å²) in [7, 11) is 1.61. The van der Waals surface area contributed by atoms with Crippen LogP contribution in [0.2, 0.25) is 0 Å². The topological polar surface area (TPSA) is 80.7 Å². The maximum Gasteiger partial charge on any atom is 0.335 e. The summed E-state index contributed by atoms with van der Waals surface area (Å²) < 4.78 is 0. The molecule has 1 rings (SSSR count). The van der Waals surface area contributed by atoms with Crippen molar-refractivity contribution in [3.8, 4) is 5.75 Å². The smallest absolute Gasteiger partial charge is 0.335 e. The highest BCUT2D eigenvalue weighted by Crippen LogP contribution is 2.16. The van der Waals surface area contributed by atoms with Gasteiger partial charge in [-0.3, -0.25) is 4.79 Å². The first-order chi connectivity index (χ1) is 7.41. The fourth-order valence-corrected chi connectivity index (χ4v) is 1.23. The van der Waals surface area contributed by atoms with E-state index in [9.17, 15) is 14.7 Å². The molecular formula is C11H12NO4-. The second-order valence-electron chi connectivity index (χ2n) is 3.51. The van der Waals surface area contributed by atoms with E-state index in [1.807, 2.05) is 0 Å². The van der Waals surface area contributed by atoms with Crippen molar-refractivity contribution in [3.05, 3.63) is 29.3 Å². The molecular weight excluding hydrogens is 210 g/mol. The van der Waals surface area contributed by atoms with Crippen LogP contribution in [0.5, 0.6) is 5.75 Å². The molecule has 0 aliphatic rings. The number of carboxylic acids is 1. The van der Waals surface area contributed by atoms with Crippen LogP contribution in [0.1, 0.15) is 22.8 Å². The monoisotopic (exact) mass is 222 g/mol. The highest BCUT2D eigenvalue weighted by atomic mass is 16.4. The van der Waals surface area contributed by atoms with E-state index < -0.39 is 11.7 Å². The molecule has 0 aliphatic carbocycles. The molecule has 0 saturated carbocycles. The first kappa shape index (κ1) is 12.0. The van der Waals surface area contributed by atoms with Crippen LogP contribution in [0.15, 0.2) is 18.2 Å². The van der Waals surface area contributed by atoms with Crippen LogP contribution < -0.4 is 5.11 Å². The van der Waals surface area contributed by atoms with Gasteiger partial charge in [-0.15, -0.1) is 0 Å². The molecule has 1 N–H and O–H groups in total. The van der Waals surface area contributed by atoms with Gasteiger partial charge in [-0.25, -0.2) is 4.79 Å². The normalized spacial score (nSPS) is 9.88. The molecule has 0 aliphatic heterocycles. The van der Waals surface area contributed by atoms with E-state index in [0.717, 1.165) is 0 Å². The van der Waals surface area contributed by atoms with E-state index in [4.69, 9.17) is 5.11 Å². The Morgan fingerprint density at radius 2 is 2.06 bits per heavy atom. The average Bonchev–Trinajstić information content (AvgIpc) is 2.20. The summed E-state index contributed by atoms with van der Waals surface area (Å²) in [4.78, 5) is 23.1. The molecule has 0 fully saturated rings. The van der Waals surface area contributed by atoms with Gasteiger partial charge in [0.05, 0.1) is 5.56 Å². The summed E-state index contributed by atoms with van der Waals surface area (Å²) in [6, 6.07) is 4.02. The van der Waals surface area contributed by atoms with Crippen LogP contribution in [0, 0.1) is 0 Å². The molecule has 0 heterocycles. The Balaban J connectivity index is 2.95. The van der Waals surface area contributed by atoms with Crippen LogP contribution in [-0.2, 0) is 11.3 Å². The number of hydrogen-bond donors (Lipinski definition) is 1. The van der Waals surface area contributed by atoms with Crippen molar-refractivity contribution in [3.63, 3.8) is 0 Å². The van der Waals surface area contributed by atoms with E-state index in [2.05, 4.69) is 0 Å². The summed E-state index contributed by atoms with van der Waals surface area (Å²) in [6.45, 7) is 1.70. The predicted molar refractivity (Wildman–Crippen MR) is 55.0 cm³/mol. The summed E-state index contributed by atoms with van der Waals surface area (Å²) in [5, 5.41) is 19.9. The zero-order valence-electron chi connectivity index (χ0n) is 9.06. The van der Waals surface area contributed by atoms with Crippen LogP contribution >= 0.6 is 0 Å². The van der Waals surface area contributed by atoms with Gasteiger partial charge in [-0.1, -0.05) is 17.9 Å². The van der Waals surface area contributed by atoms with Crippen molar-refractivity contribution in [1.82, 2.24) is 4.90 Å². The standard InChI is InChI=1S/C11H13NO4/c1-7(13)12(2)6-8-3-4-10(14)9(5-8)11(15)16/h3-5,14H,6H2,1-2H3,(H,15,16)/p-1. The van der Waals surface area contributed by atoms with E-state index >= 15 is 0 Å². The van der Waals surface area contributed by atoms with E-state index in [0.29, 0.717) is 5.56 Å².